The van der Waals surface area contributed by atoms with Crippen molar-refractivity contribution in [1.29, 1.82) is 0 Å². The largest absolute Gasteiger partial charge is 0.481 e. The highest BCUT2D eigenvalue weighted by atomic mass is 16.5. The number of fused-ring (bicyclic) bond motifs is 1. The summed E-state index contributed by atoms with van der Waals surface area (Å²) in [5.74, 6) is -0.832. The molecule has 0 amide bonds. The Hall–Kier alpha value is -1.36. The minimum absolute atomic E-state index is 0.0161. The van der Waals surface area contributed by atoms with Crippen molar-refractivity contribution >= 4 is 5.97 Å². The molecule has 1 aliphatic heterocycles. The van der Waals surface area contributed by atoms with Gasteiger partial charge in [0.15, 0.2) is 0 Å². The second kappa shape index (κ2) is 3.42. The first-order chi connectivity index (χ1) is 6.68. The van der Waals surface area contributed by atoms with E-state index in [1.165, 1.54) is 0 Å². The van der Waals surface area contributed by atoms with E-state index in [1.54, 1.807) is 11.7 Å². The van der Waals surface area contributed by atoms with Crippen LogP contribution in [0.2, 0.25) is 0 Å². The van der Waals surface area contributed by atoms with E-state index in [1.807, 2.05) is 0 Å². The van der Waals surface area contributed by atoms with Crippen LogP contribution in [-0.4, -0.2) is 27.5 Å². The number of aromatic nitrogens is 2. The summed E-state index contributed by atoms with van der Waals surface area (Å²) in [6.07, 6.45) is 0.797. The number of carboxylic acid groups (broad SMARTS) is 1. The predicted molar refractivity (Wildman–Crippen MR) is 47.9 cm³/mol. The summed E-state index contributed by atoms with van der Waals surface area (Å²) >= 11 is 0. The maximum Gasteiger partial charge on any atom is 0.309 e. The van der Waals surface area contributed by atoms with Crippen molar-refractivity contribution in [1.82, 2.24) is 9.78 Å². The molecule has 0 bridgehead atoms. The summed E-state index contributed by atoms with van der Waals surface area (Å²) in [5, 5.41) is 13.0. The molecule has 1 N–H and O–H groups in total. The van der Waals surface area contributed by atoms with Crippen molar-refractivity contribution in [3.63, 3.8) is 0 Å². The SMILES string of the molecule is Cn1nc2c(c1CC(=O)O)COCC2. The summed E-state index contributed by atoms with van der Waals surface area (Å²) in [4.78, 5) is 10.6. The molecule has 0 aliphatic carbocycles. The first kappa shape index (κ1) is 9.21. The number of aliphatic carboxylic acids is 1. The lowest BCUT2D eigenvalue weighted by Gasteiger charge is -2.11. The highest BCUT2D eigenvalue weighted by Crippen LogP contribution is 2.20. The van der Waals surface area contributed by atoms with Gasteiger partial charge in [-0.3, -0.25) is 9.48 Å². The molecule has 2 heterocycles. The highest BCUT2D eigenvalue weighted by molar-refractivity contribution is 5.70. The molecule has 0 aromatic carbocycles. The Labute approximate surface area is 81.3 Å². The number of ether oxygens (including phenoxy) is 1. The van der Waals surface area contributed by atoms with Crippen LogP contribution in [0.15, 0.2) is 0 Å². The number of hydrogen-bond donors (Lipinski definition) is 1. The molecular weight excluding hydrogens is 184 g/mol. The zero-order valence-electron chi connectivity index (χ0n) is 7.99. The molecule has 14 heavy (non-hydrogen) atoms. The van der Waals surface area contributed by atoms with Crippen LogP contribution in [-0.2, 0) is 36.0 Å². The van der Waals surface area contributed by atoms with Gasteiger partial charge >= 0.3 is 5.97 Å². The predicted octanol–water partition coefficient (Wildman–Crippen LogP) is 0.120. The van der Waals surface area contributed by atoms with Crippen LogP contribution >= 0.6 is 0 Å². The Morgan fingerprint density at radius 3 is 3.21 bits per heavy atom. The van der Waals surface area contributed by atoms with Gasteiger partial charge < -0.3 is 9.84 Å². The lowest BCUT2D eigenvalue weighted by molar-refractivity contribution is -0.136. The average molecular weight is 196 g/mol. The molecule has 5 heteroatoms. The topological polar surface area (TPSA) is 64.4 Å². The van der Waals surface area contributed by atoms with Gasteiger partial charge in [0, 0.05) is 19.0 Å². The van der Waals surface area contributed by atoms with Crippen molar-refractivity contribution in [3.8, 4) is 0 Å². The first-order valence-corrected chi connectivity index (χ1v) is 4.51. The first-order valence-electron chi connectivity index (χ1n) is 4.51. The maximum atomic E-state index is 10.6. The molecule has 0 saturated heterocycles. The second-order valence-electron chi connectivity index (χ2n) is 3.37. The van der Waals surface area contributed by atoms with Crippen LogP contribution in [0.5, 0.6) is 0 Å². The zero-order chi connectivity index (χ0) is 10.1. The Morgan fingerprint density at radius 1 is 1.71 bits per heavy atom. The monoisotopic (exact) mass is 196 g/mol. The molecule has 1 aromatic heterocycles. The minimum atomic E-state index is -0.832. The quantitative estimate of drug-likeness (QED) is 0.729. The Kier molecular flexibility index (Phi) is 2.25. The smallest absolute Gasteiger partial charge is 0.309 e. The third-order valence-corrected chi connectivity index (χ3v) is 2.41. The molecule has 0 radical (unpaired) electrons. The van der Waals surface area contributed by atoms with Crippen LogP contribution in [0.3, 0.4) is 0 Å². The fourth-order valence-corrected chi connectivity index (χ4v) is 1.74. The van der Waals surface area contributed by atoms with Gasteiger partial charge in [0.25, 0.3) is 0 Å². The van der Waals surface area contributed by atoms with Crippen molar-refractivity contribution in [2.24, 2.45) is 7.05 Å². The van der Waals surface area contributed by atoms with Crippen molar-refractivity contribution < 1.29 is 14.6 Å². The van der Waals surface area contributed by atoms with Crippen LogP contribution < -0.4 is 0 Å². The number of hydrogen-bond acceptors (Lipinski definition) is 3. The summed E-state index contributed by atoms with van der Waals surface area (Å²) in [7, 11) is 1.77. The third kappa shape index (κ3) is 1.50. The van der Waals surface area contributed by atoms with E-state index in [9.17, 15) is 4.79 Å². The summed E-state index contributed by atoms with van der Waals surface area (Å²) in [6.45, 7) is 1.17. The number of carbonyl (C=O) groups is 1. The van der Waals surface area contributed by atoms with Crippen LogP contribution in [0.1, 0.15) is 17.0 Å². The second-order valence-corrected chi connectivity index (χ2v) is 3.37. The average Bonchev–Trinajstić information content (AvgIpc) is 2.43. The number of nitrogens with zero attached hydrogens (tertiary/aromatic N) is 2. The Morgan fingerprint density at radius 2 is 2.50 bits per heavy atom. The lowest BCUT2D eigenvalue weighted by Crippen LogP contribution is -2.12. The molecule has 0 atom stereocenters. The molecule has 2 rings (SSSR count). The van der Waals surface area contributed by atoms with E-state index in [0.29, 0.717) is 13.2 Å². The standard InChI is InChI=1S/C9H12N2O3/c1-11-8(4-9(12)13)6-5-14-3-2-7(6)10-11/h2-5H2,1H3,(H,12,13). The molecular formula is C9H12N2O3. The van der Waals surface area contributed by atoms with Crippen LogP contribution in [0.25, 0.3) is 0 Å². The molecule has 5 nitrogen and oxygen atoms in total. The van der Waals surface area contributed by atoms with Gasteiger partial charge in [0.2, 0.25) is 0 Å². The van der Waals surface area contributed by atoms with E-state index in [-0.39, 0.29) is 6.42 Å². The van der Waals surface area contributed by atoms with E-state index < -0.39 is 5.97 Å². The summed E-state index contributed by atoms with van der Waals surface area (Å²) in [6, 6.07) is 0. The normalized spacial score (nSPS) is 15.2. The highest BCUT2D eigenvalue weighted by Gasteiger charge is 2.20. The third-order valence-electron chi connectivity index (χ3n) is 2.41. The molecule has 0 unspecified atom stereocenters. The van der Waals surface area contributed by atoms with Gasteiger partial charge in [-0.05, 0) is 0 Å². The fourth-order valence-electron chi connectivity index (χ4n) is 1.74. The van der Waals surface area contributed by atoms with Gasteiger partial charge in [-0.2, -0.15) is 5.10 Å². The molecule has 76 valence electrons. The maximum absolute atomic E-state index is 10.6. The molecule has 1 aliphatic rings. The van der Waals surface area contributed by atoms with E-state index >= 15 is 0 Å². The van der Waals surface area contributed by atoms with Gasteiger partial charge in [-0.25, -0.2) is 0 Å². The molecule has 0 saturated carbocycles. The van der Waals surface area contributed by atoms with Crippen molar-refractivity contribution in [2.45, 2.75) is 19.4 Å². The van der Waals surface area contributed by atoms with Gasteiger partial charge in [-0.1, -0.05) is 0 Å². The Balaban J connectivity index is 2.37. The van der Waals surface area contributed by atoms with E-state index in [0.717, 1.165) is 23.4 Å². The van der Waals surface area contributed by atoms with Gasteiger partial charge in [0.05, 0.1) is 31.0 Å². The lowest BCUT2D eigenvalue weighted by atomic mass is 10.1. The summed E-state index contributed by atoms with van der Waals surface area (Å²) < 4.78 is 6.93. The molecule has 0 spiro atoms. The Bertz CT molecular complexity index is 370. The fraction of sp³-hybridized carbons (Fsp3) is 0.556. The zero-order valence-corrected chi connectivity index (χ0v) is 7.99. The van der Waals surface area contributed by atoms with Crippen LogP contribution in [0, 0.1) is 0 Å². The number of carboxylic acids is 1. The van der Waals surface area contributed by atoms with Crippen molar-refractivity contribution in [3.05, 3.63) is 17.0 Å². The summed E-state index contributed by atoms with van der Waals surface area (Å²) in [5.41, 5.74) is 2.70. The van der Waals surface area contributed by atoms with E-state index in [4.69, 9.17) is 9.84 Å². The minimum Gasteiger partial charge on any atom is -0.481 e. The van der Waals surface area contributed by atoms with E-state index in [2.05, 4.69) is 5.10 Å². The van der Waals surface area contributed by atoms with Gasteiger partial charge in [0.1, 0.15) is 0 Å². The van der Waals surface area contributed by atoms with Crippen LogP contribution in [0.4, 0.5) is 0 Å². The molecule has 0 fully saturated rings. The van der Waals surface area contributed by atoms with Gasteiger partial charge in [-0.15, -0.1) is 0 Å². The molecule has 1 aromatic rings. The number of rotatable bonds is 2. The number of aryl methyl sites for hydroxylation is 1. The van der Waals surface area contributed by atoms with Crippen molar-refractivity contribution in [2.75, 3.05) is 6.61 Å².